The molecule has 0 heterocycles. The molecule has 0 aromatic heterocycles. The van der Waals surface area contributed by atoms with Crippen molar-refractivity contribution in [2.45, 2.75) is 12.3 Å². The molecule has 0 rings (SSSR count). The maximum Gasteiger partial charge on any atom is 0.234 e. The van der Waals surface area contributed by atoms with Crippen molar-refractivity contribution in [3.63, 3.8) is 0 Å². The minimum Gasteiger partial charge on any atom is -0.377 e. The molecule has 0 aromatic rings. The number of carbonyl (C=O) groups is 1. The lowest BCUT2D eigenvalue weighted by molar-refractivity contribution is -0.121. The number of aliphatic hydroxyl groups excluding tert-OH is 1. The second-order valence-corrected chi connectivity index (χ2v) is 3.23. The number of carbonyl (C=O) groups excluding carboxylic acids is 1. The Morgan fingerprint density at radius 3 is 2.67 bits per heavy atom. The summed E-state index contributed by atoms with van der Waals surface area (Å²) in [5.74, 6) is 0.266. The Morgan fingerprint density at radius 2 is 2.33 bits per heavy atom. The molecule has 12 heavy (non-hydrogen) atoms. The van der Waals surface area contributed by atoms with E-state index in [4.69, 9.17) is 16.6 Å². The van der Waals surface area contributed by atoms with Crippen LogP contribution in [0.25, 0.3) is 0 Å². The van der Waals surface area contributed by atoms with Gasteiger partial charge in [0, 0.05) is 5.75 Å². The van der Waals surface area contributed by atoms with Crippen LogP contribution in [0.15, 0.2) is 0 Å². The zero-order chi connectivity index (χ0) is 9.56. The van der Waals surface area contributed by atoms with Crippen molar-refractivity contribution in [1.82, 2.24) is 5.32 Å². The average Bonchev–Trinajstić information content (AvgIpc) is 2.03. The van der Waals surface area contributed by atoms with Gasteiger partial charge in [-0.3, -0.25) is 4.79 Å². The van der Waals surface area contributed by atoms with Gasteiger partial charge in [-0.05, 0) is 6.26 Å². The molecule has 1 unspecified atom stereocenters. The Bertz CT molecular complexity index is 143. The molecule has 0 bridgehead atoms. The number of aliphatic hydroxyl groups is 1. The Labute approximate surface area is 75.9 Å². The molecule has 0 saturated heterocycles. The largest absolute Gasteiger partial charge is 0.377 e. The maximum atomic E-state index is 10.8. The van der Waals surface area contributed by atoms with Crippen LogP contribution in [0.2, 0.25) is 0 Å². The molecule has 1 amide bonds. The van der Waals surface area contributed by atoms with Gasteiger partial charge in [0.15, 0.2) is 0 Å². The molecule has 0 spiro atoms. The van der Waals surface area contributed by atoms with E-state index in [0.717, 1.165) is 0 Å². The first-order valence-electron chi connectivity index (χ1n) is 3.53. The van der Waals surface area contributed by atoms with E-state index in [-0.39, 0.29) is 12.5 Å². The van der Waals surface area contributed by atoms with Crippen molar-refractivity contribution in [3.8, 4) is 0 Å². The summed E-state index contributed by atoms with van der Waals surface area (Å²) < 4.78 is 0. The van der Waals surface area contributed by atoms with Gasteiger partial charge in [0.1, 0.15) is 6.23 Å². The van der Waals surface area contributed by atoms with Gasteiger partial charge < -0.3 is 21.9 Å². The van der Waals surface area contributed by atoms with Crippen LogP contribution in [-0.2, 0) is 4.79 Å². The lowest BCUT2D eigenvalue weighted by atomic mass is 10.3. The number of rotatable bonds is 5. The molecule has 0 aromatic carbocycles. The second-order valence-electron chi connectivity index (χ2n) is 2.32. The van der Waals surface area contributed by atoms with Crippen LogP contribution >= 0.6 is 11.8 Å². The van der Waals surface area contributed by atoms with E-state index >= 15 is 0 Å². The maximum absolute atomic E-state index is 10.8. The number of amides is 1. The molecule has 0 aliphatic carbocycles. The summed E-state index contributed by atoms with van der Waals surface area (Å²) in [6.07, 6.45) is 0.831. The van der Waals surface area contributed by atoms with Crippen molar-refractivity contribution in [2.75, 3.05) is 18.6 Å². The van der Waals surface area contributed by atoms with Gasteiger partial charge in [0.2, 0.25) is 5.91 Å². The lowest BCUT2D eigenvalue weighted by Crippen LogP contribution is -2.50. The van der Waals surface area contributed by atoms with E-state index < -0.39 is 12.3 Å². The summed E-state index contributed by atoms with van der Waals surface area (Å²) in [6, 6.07) is -0.420. The van der Waals surface area contributed by atoms with Crippen molar-refractivity contribution in [2.24, 2.45) is 11.5 Å². The molecular weight excluding hydrogens is 178 g/mol. The SMILES string of the molecule is CSC[C@H](NC(=O)CN)C(N)O. The highest BCUT2D eigenvalue weighted by molar-refractivity contribution is 7.98. The van der Waals surface area contributed by atoms with Crippen LogP contribution in [0.4, 0.5) is 0 Å². The van der Waals surface area contributed by atoms with Gasteiger partial charge in [-0.15, -0.1) is 0 Å². The van der Waals surface area contributed by atoms with Crippen molar-refractivity contribution in [1.29, 1.82) is 0 Å². The third-order valence-corrected chi connectivity index (χ3v) is 1.98. The lowest BCUT2D eigenvalue weighted by Gasteiger charge is -2.19. The van der Waals surface area contributed by atoms with E-state index in [1.165, 1.54) is 11.8 Å². The summed E-state index contributed by atoms with van der Waals surface area (Å²) in [6.45, 7) is -0.0857. The standard InChI is InChI=1S/C6H15N3O2S/c1-12-3-4(6(8)11)9-5(10)2-7/h4,6,11H,2-3,7-8H2,1H3,(H,9,10)/t4-,6?/m0/s1. The Morgan fingerprint density at radius 1 is 1.75 bits per heavy atom. The minimum absolute atomic E-state index is 0.0857. The van der Waals surface area contributed by atoms with Gasteiger partial charge in [-0.2, -0.15) is 11.8 Å². The third kappa shape index (κ3) is 4.55. The first kappa shape index (κ1) is 11.7. The highest BCUT2D eigenvalue weighted by Crippen LogP contribution is 1.98. The number of hydrogen-bond acceptors (Lipinski definition) is 5. The molecule has 6 heteroatoms. The first-order chi connectivity index (χ1) is 5.61. The van der Waals surface area contributed by atoms with E-state index in [2.05, 4.69) is 5.32 Å². The fourth-order valence-electron chi connectivity index (χ4n) is 0.671. The molecular formula is C6H15N3O2S. The number of hydrogen-bond donors (Lipinski definition) is 4. The number of thioether (sulfide) groups is 1. The fourth-order valence-corrected chi connectivity index (χ4v) is 1.31. The summed E-state index contributed by atoms with van der Waals surface area (Å²) in [4.78, 5) is 10.8. The molecule has 0 aliphatic rings. The predicted octanol–water partition coefficient (Wildman–Crippen LogP) is -1.93. The normalized spacial score (nSPS) is 15.3. The number of nitrogens with two attached hydrogens (primary N) is 2. The van der Waals surface area contributed by atoms with Gasteiger partial charge >= 0.3 is 0 Å². The predicted molar refractivity (Wildman–Crippen MR) is 49.6 cm³/mol. The topological polar surface area (TPSA) is 101 Å². The van der Waals surface area contributed by atoms with Crippen molar-refractivity contribution >= 4 is 17.7 Å². The van der Waals surface area contributed by atoms with Gasteiger partial charge in [-0.1, -0.05) is 0 Å². The second kappa shape index (κ2) is 6.24. The minimum atomic E-state index is -1.03. The average molecular weight is 193 g/mol. The zero-order valence-corrected chi connectivity index (χ0v) is 7.80. The van der Waals surface area contributed by atoms with Crippen molar-refractivity contribution < 1.29 is 9.90 Å². The smallest absolute Gasteiger partial charge is 0.234 e. The van der Waals surface area contributed by atoms with E-state index in [1.54, 1.807) is 0 Å². The van der Waals surface area contributed by atoms with Crippen LogP contribution in [-0.4, -0.2) is 41.8 Å². The molecule has 0 aliphatic heterocycles. The summed E-state index contributed by atoms with van der Waals surface area (Å²) in [5, 5.41) is 11.5. The van der Waals surface area contributed by atoms with Crippen LogP contribution in [0.5, 0.6) is 0 Å². The Balaban J connectivity index is 3.86. The fraction of sp³-hybridized carbons (Fsp3) is 0.833. The zero-order valence-electron chi connectivity index (χ0n) is 6.99. The van der Waals surface area contributed by atoms with Gasteiger partial charge in [-0.25, -0.2) is 0 Å². The molecule has 0 saturated carbocycles. The quantitative estimate of drug-likeness (QED) is 0.381. The Kier molecular flexibility index (Phi) is 6.09. The monoisotopic (exact) mass is 193 g/mol. The van der Waals surface area contributed by atoms with E-state index in [1.807, 2.05) is 6.26 Å². The molecule has 2 atom stereocenters. The first-order valence-corrected chi connectivity index (χ1v) is 4.93. The highest BCUT2D eigenvalue weighted by Gasteiger charge is 2.16. The third-order valence-electron chi connectivity index (χ3n) is 1.29. The van der Waals surface area contributed by atoms with Crippen LogP contribution < -0.4 is 16.8 Å². The molecule has 72 valence electrons. The van der Waals surface area contributed by atoms with Crippen LogP contribution in [0.3, 0.4) is 0 Å². The van der Waals surface area contributed by atoms with E-state index in [9.17, 15) is 4.79 Å². The van der Waals surface area contributed by atoms with Crippen LogP contribution in [0.1, 0.15) is 0 Å². The summed E-state index contributed by atoms with van der Waals surface area (Å²) in [5.41, 5.74) is 10.3. The molecule has 0 fully saturated rings. The molecule has 0 radical (unpaired) electrons. The van der Waals surface area contributed by atoms with E-state index in [0.29, 0.717) is 5.75 Å². The summed E-state index contributed by atoms with van der Waals surface area (Å²) >= 11 is 1.49. The van der Waals surface area contributed by atoms with Crippen LogP contribution in [0, 0.1) is 0 Å². The van der Waals surface area contributed by atoms with Gasteiger partial charge in [0.25, 0.3) is 0 Å². The number of nitrogens with one attached hydrogen (secondary N) is 1. The highest BCUT2D eigenvalue weighted by atomic mass is 32.2. The van der Waals surface area contributed by atoms with Gasteiger partial charge in [0.05, 0.1) is 12.6 Å². The van der Waals surface area contributed by atoms with Crippen molar-refractivity contribution in [3.05, 3.63) is 0 Å². The Hall–Kier alpha value is -0.300. The molecule has 6 N–H and O–H groups in total. The molecule has 5 nitrogen and oxygen atoms in total. The summed E-state index contributed by atoms with van der Waals surface area (Å²) in [7, 11) is 0.